The number of carboxylic acid groups (broad SMARTS) is 1. The quantitative estimate of drug-likeness (QED) is 0.937. The van der Waals surface area contributed by atoms with Crippen LogP contribution in [0.2, 0.25) is 0 Å². The van der Waals surface area contributed by atoms with Crippen LogP contribution in [0.25, 0.3) is 0 Å². The van der Waals surface area contributed by atoms with E-state index in [1.165, 1.54) is 18.2 Å². The topological polar surface area (TPSA) is 61.1 Å². The molecule has 0 radical (unpaired) electrons. The third-order valence-corrected chi connectivity index (χ3v) is 3.51. The Labute approximate surface area is 117 Å². The molecule has 0 aliphatic heterocycles. The molecule has 6 heteroatoms. The monoisotopic (exact) mass is 291 g/mol. The minimum absolute atomic E-state index is 0.0319. The fraction of sp³-hybridized carbons (Fsp3) is 0. The van der Waals surface area contributed by atoms with Gasteiger partial charge in [0.2, 0.25) is 0 Å². The summed E-state index contributed by atoms with van der Waals surface area (Å²) < 4.78 is 27.4. The second-order valence-corrected chi connectivity index (χ2v) is 4.90. The molecule has 0 amide bonds. The molecule has 2 aromatic rings. The number of aromatic carboxylic acids is 1. The van der Waals surface area contributed by atoms with Gasteiger partial charge in [-0.25, -0.2) is 13.6 Å². The highest BCUT2D eigenvalue weighted by atomic mass is 32.2. The molecular weight excluding hydrogens is 284 g/mol. The first-order chi connectivity index (χ1) is 9.51. The van der Waals surface area contributed by atoms with E-state index in [0.29, 0.717) is 4.90 Å². The van der Waals surface area contributed by atoms with Gasteiger partial charge in [0.05, 0.1) is 22.1 Å². The Kier molecular flexibility index (Phi) is 4.01. The molecule has 1 N–H and O–H groups in total. The fourth-order valence-corrected chi connectivity index (χ4v) is 2.41. The zero-order valence-corrected chi connectivity index (χ0v) is 10.7. The minimum Gasteiger partial charge on any atom is -0.478 e. The SMILES string of the molecule is N#Cc1cc(F)c(Sc2cccc(C(=O)O)c2)c(F)c1. The molecule has 0 aliphatic carbocycles. The molecule has 0 heterocycles. The maximum absolute atomic E-state index is 13.7. The van der Waals surface area contributed by atoms with Gasteiger partial charge in [-0.05, 0) is 30.3 Å². The maximum atomic E-state index is 13.7. The average Bonchev–Trinajstić information content (AvgIpc) is 2.42. The molecule has 0 aliphatic rings. The Morgan fingerprint density at radius 2 is 1.85 bits per heavy atom. The third kappa shape index (κ3) is 2.95. The van der Waals surface area contributed by atoms with Crippen LogP contribution in [0.15, 0.2) is 46.2 Å². The standard InChI is InChI=1S/C14H7F2NO2S/c15-11-4-8(7-17)5-12(16)13(11)20-10-3-1-2-9(6-10)14(18)19/h1-6H,(H,18,19). The number of carboxylic acids is 1. The predicted octanol–water partition coefficient (Wildman–Crippen LogP) is 3.69. The first-order valence-electron chi connectivity index (χ1n) is 5.41. The first kappa shape index (κ1) is 14.0. The van der Waals surface area contributed by atoms with Crippen LogP contribution in [-0.4, -0.2) is 11.1 Å². The van der Waals surface area contributed by atoms with E-state index in [9.17, 15) is 13.6 Å². The first-order valence-corrected chi connectivity index (χ1v) is 6.23. The van der Waals surface area contributed by atoms with E-state index in [1.807, 2.05) is 0 Å². The molecule has 2 rings (SSSR count). The van der Waals surface area contributed by atoms with E-state index in [-0.39, 0.29) is 16.0 Å². The molecule has 0 bridgehead atoms. The van der Waals surface area contributed by atoms with Crippen molar-refractivity contribution in [2.75, 3.05) is 0 Å². The molecule has 20 heavy (non-hydrogen) atoms. The lowest BCUT2D eigenvalue weighted by Crippen LogP contribution is -1.96. The van der Waals surface area contributed by atoms with Crippen molar-refractivity contribution in [3.63, 3.8) is 0 Å². The summed E-state index contributed by atoms with van der Waals surface area (Å²) >= 11 is 0.769. The van der Waals surface area contributed by atoms with Crippen molar-refractivity contribution in [1.29, 1.82) is 5.26 Å². The number of carbonyl (C=O) groups is 1. The van der Waals surface area contributed by atoms with Crippen molar-refractivity contribution in [2.45, 2.75) is 9.79 Å². The van der Waals surface area contributed by atoms with E-state index >= 15 is 0 Å². The van der Waals surface area contributed by atoms with Crippen LogP contribution in [0.4, 0.5) is 8.78 Å². The molecule has 2 aromatic carbocycles. The Balaban J connectivity index is 2.38. The molecule has 0 saturated heterocycles. The number of hydrogen-bond donors (Lipinski definition) is 1. The number of rotatable bonds is 3. The number of nitrogens with zero attached hydrogens (tertiary/aromatic N) is 1. The lowest BCUT2D eigenvalue weighted by atomic mass is 10.2. The van der Waals surface area contributed by atoms with Gasteiger partial charge in [-0.2, -0.15) is 5.26 Å². The highest BCUT2D eigenvalue weighted by Gasteiger charge is 2.13. The van der Waals surface area contributed by atoms with Crippen molar-refractivity contribution >= 4 is 17.7 Å². The Bertz CT molecular complexity index is 702. The van der Waals surface area contributed by atoms with Gasteiger partial charge in [-0.15, -0.1) is 0 Å². The molecular formula is C14H7F2NO2S. The minimum atomic E-state index is -1.12. The van der Waals surface area contributed by atoms with Crippen LogP contribution in [0, 0.1) is 23.0 Å². The van der Waals surface area contributed by atoms with Gasteiger partial charge in [0.25, 0.3) is 0 Å². The van der Waals surface area contributed by atoms with E-state index < -0.39 is 17.6 Å². The second kappa shape index (κ2) is 5.72. The summed E-state index contributed by atoms with van der Waals surface area (Å²) in [5.74, 6) is -2.83. The summed E-state index contributed by atoms with van der Waals surface area (Å²) in [6, 6.07) is 9.28. The molecule has 0 atom stereocenters. The van der Waals surface area contributed by atoms with Gasteiger partial charge >= 0.3 is 5.97 Å². The van der Waals surface area contributed by atoms with Crippen LogP contribution in [0.5, 0.6) is 0 Å². The van der Waals surface area contributed by atoms with Crippen molar-refractivity contribution in [3.05, 3.63) is 59.2 Å². The lowest BCUT2D eigenvalue weighted by molar-refractivity contribution is 0.0696. The van der Waals surface area contributed by atoms with E-state index in [2.05, 4.69) is 0 Å². The van der Waals surface area contributed by atoms with Crippen molar-refractivity contribution in [1.82, 2.24) is 0 Å². The van der Waals surface area contributed by atoms with E-state index in [0.717, 1.165) is 23.9 Å². The van der Waals surface area contributed by atoms with Crippen molar-refractivity contribution < 1.29 is 18.7 Å². The summed E-state index contributed by atoms with van der Waals surface area (Å²) in [6.07, 6.45) is 0. The second-order valence-electron chi connectivity index (χ2n) is 3.82. The number of benzene rings is 2. The maximum Gasteiger partial charge on any atom is 0.335 e. The molecule has 0 spiro atoms. The molecule has 0 aromatic heterocycles. The Morgan fingerprint density at radius 3 is 2.40 bits per heavy atom. The number of halogens is 2. The molecule has 0 unspecified atom stereocenters. The highest BCUT2D eigenvalue weighted by molar-refractivity contribution is 7.99. The average molecular weight is 291 g/mol. The van der Waals surface area contributed by atoms with Crippen molar-refractivity contribution in [2.24, 2.45) is 0 Å². The zero-order valence-electron chi connectivity index (χ0n) is 9.93. The smallest absolute Gasteiger partial charge is 0.335 e. The zero-order chi connectivity index (χ0) is 14.7. The summed E-state index contributed by atoms with van der Waals surface area (Å²) in [6.45, 7) is 0. The molecule has 0 saturated carbocycles. The largest absolute Gasteiger partial charge is 0.478 e. The van der Waals surface area contributed by atoms with Crippen molar-refractivity contribution in [3.8, 4) is 6.07 Å². The highest BCUT2D eigenvalue weighted by Crippen LogP contribution is 2.33. The van der Waals surface area contributed by atoms with Crippen LogP contribution >= 0.6 is 11.8 Å². The predicted molar refractivity (Wildman–Crippen MR) is 68.6 cm³/mol. The summed E-state index contributed by atoms with van der Waals surface area (Å²) in [4.78, 5) is 11.0. The van der Waals surface area contributed by atoms with Gasteiger partial charge in [0.1, 0.15) is 11.6 Å². The van der Waals surface area contributed by atoms with Gasteiger partial charge in [-0.3, -0.25) is 0 Å². The molecule has 0 fully saturated rings. The summed E-state index contributed by atoms with van der Waals surface area (Å²) in [7, 11) is 0. The number of nitriles is 1. The lowest BCUT2D eigenvalue weighted by Gasteiger charge is -2.06. The summed E-state index contributed by atoms with van der Waals surface area (Å²) in [5, 5.41) is 17.5. The van der Waals surface area contributed by atoms with Crippen LogP contribution < -0.4 is 0 Å². The summed E-state index contributed by atoms with van der Waals surface area (Å²) in [5.41, 5.74) is -0.0758. The van der Waals surface area contributed by atoms with Gasteiger partial charge < -0.3 is 5.11 Å². The Morgan fingerprint density at radius 1 is 1.20 bits per heavy atom. The van der Waals surface area contributed by atoms with E-state index in [1.54, 1.807) is 12.1 Å². The van der Waals surface area contributed by atoms with Gasteiger partial charge in [-0.1, -0.05) is 17.8 Å². The normalized spacial score (nSPS) is 10.1. The Hall–Kier alpha value is -2.39. The van der Waals surface area contributed by atoms with Crippen LogP contribution in [0.1, 0.15) is 15.9 Å². The van der Waals surface area contributed by atoms with Gasteiger partial charge in [0, 0.05) is 4.90 Å². The van der Waals surface area contributed by atoms with Crippen LogP contribution in [-0.2, 0) is 0 Å². The van der Waals surface area contributed by atoms with Crippen LogP contribution in [0.3, 0.4) is 0 Å². The number of hydrogen-bond acceptors (Lipinski definition) is 3. The van der Waals surface area contributed by atoms with E-state index in [4.69, 9.17) is 10.4 Å². The fourth-order valence-electron chi connectivity index (χ4n) is 1.53. The third-order valence-electron chi connectivity index (χ3n) is 2.43. The molecule has 100 valence electrons. The van der Waals surface area contributed by atoms with Gasteiger partial charge in [0.15, 0.2) is 0 Å². The molecule has 3 nitrogen and oxygen atoms in total.